The molecular formula is C13H18N2O5. The Labute approximate surface area is 116 Å². The average Bonchev–Trinajstić information content (AvgIpc) is 2.82. The quantitative estimate of drug-likeness (QED) is 0.680. The Bertz CT molecular complexity index is 485. The van der Waals surface area contributed by atoms with E-state index in [0.717, 1.165) is 0 Å². The second-order valence-electron chi connectivity index (χ2n) is 5.84. The summed E-state index contributed by atoms with van der Waals surface area (Å²) < 4.78 is 0. The minimum atomic E-state index is -1.14. The standard InChI is InChI=1S/C13H18N2O5/c1-13(2)12(20)14-9(16)6-15(13)10(17)7-4-3-5-8(7)11(18)19/h7-8H,3-6H2,1-2H3,(H,18,19)(H,14,16,20)/t7-,8+/m1/s1. The number of aliphatic carboxylic acids is 1. The minimum Gasteiger partial charge on any atom is -0.481 e. The number of carbonyl (C=O) groups is 4. The van der Waals surface area contributed by atoms with Crippen LogP contribution in [0.15, 0.2) is 0 Å². The Balaban J connectivity index is 2.25. The van der Waals surface area contributed by atoms with Crippen molar-refractivity contribution >= 4 is 23.7 Å². The molecule has 1 aliphatic heterocycles. The van der Waals surface area contributed by atoms with Crippen molar-refractivity contribution in [2.24, 2.45) is 11.8 Å². The Hall–Kier alpha value is -1.92. The average molecular weight is 282 g/mol. The number of carboxylic acids is 1. The number of piperazine rings is 1. The molecule has 110 valence electrons. The van der Waals surface area contributed by atoms with Gasteiger partial charge in [0.2, 0.25) is 11.8 Å². The number of hydrogen-bond acceptors (Lipinski definition) is 4. The SMILES string of the molecule is CC1(C)C(=O)NC(=O)CN1C(=O)[C@@H]1CCC[C@@H]1C(=O)O. The smallest absolute Gasteiger partial charge is 0.307 e. The number of carboxylic acid groups (broad SMARTS) is 1. The molecule has 0 aromatic heterocycles. The van der Waals surface area contributed by atoms with E-state index in [-0.39, 0.29) is 6.54 Å². The van der Waals surface area contributed by atoms with E-state index in [1.165, 1.54) is 4.90 Å². The lowest BCUT2D eigenvalue weighted by Gasteiger charge is -2.41. The third kappa shape index (κ3) is 2.28. The highest BCUT2D eigenvalue weighted by Gasteiger charge is 2.48. The summed E-state index contributed by atoms with van der Waals surface area (Å²) in [5, 5.41) is 11.3. The molecule has 2 N–H and O–H groups in total. The second kappa shape index (κ2) is 4.88. The molecule has 20 heavy (non-hydrogen) atoms. The minimum absolute atomic E-state index is 0.208. The van der Waals surface area contributed by atoms with Gasteiger partial charge in [-0.3, -0.25) is 24.5 Å². The van der Waals surface area contributed by atoms with E-state index in [2.05, 4.69) is 5.32 Å². The highest BCUT2D eigenvalue weighted by molar-refractivity contribution is 6.06. The van der Waals surface area contributed by atoms with E-state index in [4.69, 9.17) is 5.11 Å². The zero-order chi connectivity index (χ0) is 15.1. The lowest BCUT2D eigenvalue weighted by Crippen LogP contribution is -2.66. The molecule has 7 nitrogen and oxygen atoms in total. The molecule has 2 atom stereocenters. The molecule has 1 heterocycles. The van der Waals surface area contributed by atoms with Gasteiger partial charge in [-0.15, -0.1) is 0 Å². The van der Waals surface area contributed by atoms with Gasteiger partial charge in [0, 0.05) is 0 Å². The molecule has 0 unspecified atom stereocenters. The Morgan fingerprint density at radius 1 is 1.25 bits per heavy atom. The number of nitrogens with one attached hydrogen (secondary N) is 1. The van der Waals surface area contributed by atoms with Crippen molar-refractivity contribution in [2.75, 3.05) is 6.54 Å². The molecule has 0 spiro atoms. The van der Waals surface area contributed by atoms with E-state index in [9.17, 15) is 19.2 Å². The molecule has 1 aliphatic carbocycles. The zero-order valence-electron chi connectivity index (χ0n) is 11.5. The van der Waals surface area contributed by atoms with Crippen LogP contribution in [-0.4, -0.2) is 45.8 Å². The van der Waals surface area contributed by atoms with E-state index in [1.807, 2.05) is 0 Å². The van der Waals surface area contributed by atoms with Gasteiger partial charge >= 0.3 is 5.97 Å². The lowest BCUT2D eigenvalue weighted by atomic mass is 9.90. The summed E-state index contributed by atoms with van der Waals surface area (Å²) in [6.07, 6.45) is 1.61. The zero-order valence-corrected chi connectivity index (χ0v) is 11.5. The largest absolute Gasteiger partial charge is 0.481 e. The van der Waals surface area contributed by atoms with Crippen LogP contribution < -0.4 is 5.32 Å². The van der Waals surface area contributed by atoms with E-state index in [1.54, 1.807) is 13.8 Å². The number of imide groups is 1. The fraction of sp³-hybridized carbons (Fsp3) is 0.692. The molecule has 0 aromatic rings. The van der Waals surface area contributed by atoms with Crippen LogP contribution in [0.2, 0.25) is 0 Å². The predicted molar refractivity (Wildman–Crippen MR) is 67.4 cm³/mol. The molecule has 3 amide bonds. The molecule has 2 fully saturated rings. The lowest BCUT2D eigenvalue weighted by molar-refractivity contribution is -0.160. The van der Waals surface area contributed by atoms with Crippen molar-refractivity contribution in [3.8, 4) is 0 Å². The monoisotopic (exact) mass is 282 g/mol. The summed E-state index contributed by atoms with van der Waals surface area (Å²) in [5.41, 5.74) is -1.14. The van der Waals surface area contributed by atoms with Crippen LogP contribution in [-0.2, 0) is 19.2 Å². The predicted octanol–water partition coefficient (Wildman–Crippen LogP) is -0.249. The molecule has 7 heteroatoms. The van der Waals surface area contributed by atoms with E-state index in [0.29, 0.717) is 19.3 Å². The third-order valence-corrected chi connectivity index (χ3v) is 4.20. The highest BCUT2D eigenvalue weighted by atomic mass is 16.4. The van der Waals surface area contributed by atoms with Crippen molar-refractivity contribution in [3.05, 3.63) is 0 Å². The number of hydrogen-bond donors (Lipinski definition) is 2. The van der Waals surface area contributed by atoms with Gasteiger partial charge in [-0.1, -0.05) is 6.42 Å². The maximum absolute atomic E-state index is 12.6. The molecule has 0 aromatic carbocycles. The molecule has 1 saturated heterocycles. The van der Waals surface area contributed by atoms with Gasteiger partial charge in [0.05, 0.1) is 11.8 Å². The number of carbonyl (C=O) groups excluding carboxylic acids is 3. The first-order valence-corrected chi connectivity index (χ1v) is 6.63. The van der Waals surface area contributed by atoms with Crippen molar-refractivity contribution in [2.45, 2.75) is 38.6 Å². The Morgan fingerprint density at radius 3 is 2.45 bits per heavy atom. The van der Waals surface area contributed by atoms with Crippen LogP contribution >= 0.6 is 0 Å². The van der Waals surface area contributed by atoms with Crippen LogP contribution in [0.5, 0.6) is 0 Å². The molecular weight excluding hydrogens is 264 g/mol. The fourth-order valence-electron chi connectivity index (χ4n) is 2.89. The van der Waals surface area contributed by atoms with Gasteiger partial charge in [-0.25, -0.2) is 0 Å². The summed E-state index contributed by atoms with van der Waals surface area (Å²) in [4.78, 5) is 48.2. The molecule has 0 bridgehead atoms. The summed E-state index contributed by atoms with van der Waals surface area (Å²) in [5.74, 6) is -3.85. The van der Waals surface area contributed by atoms with Crippen molar-refractivity contribution in [3.63, 3.8) is 0 Å². The van der Waals surface area contributed by atoms with Crippen molar-refractivity contribution < 1.29 is 24.3 Å². The summed E-state index contributed by atoms with van der Waals surface area (Å²) in [6.45, 7) is 2.90. The first-order valence-electron chi connectivity index (χ1n) is 6.63. The maximum Gasteiger partial charge on any atom is 0.307 e. The third-order valence-electron chi connectivity index (χ3n) is 4.20. The molecule has 0 radical (unpaired) electrons. The van der Waals surface area contributed by atoms with E-state index < -0.39 is 41.1 Å². The summed E-state index contributed by atoms with van der Waals surface area (Å²) >= 11 is 0. The molecule has 2 aliphatic rings. The van der Waals surface area contributed by atoms with Gasteiger partial charge in [-0.05, 0) is 26.7 Å². The van der Waals surface area contributed by atoms with Crippen molar-refractivity contribution in [1.29, 1.82) is 0 Å². The van der Waals surface area contributed by atoms with Gasteiger partial charge in [0.25, 0.3) is 5.91 Å². The van der Waals surface area contributed by atoms with Gasteiger partial charge in [0.1, 0.15) is 12.1 Å². The summed E-state index contributed by atoms with van der Waals surface area (Å²) in [7, 11) is 0. The molecule has 1 saturated carbocycles. The van der Waals surface area contributed by atoms with Gasteiger partial charge < -0.3 is 10.0 Å². The fourth-order valence-corrected chi connectivity index (χ4v) is 2.89. The van der Waals surface area contributed by atoms with Gasteiger partial charge in [0.15, 0.2) is 0 Å². The van der Waals surface area contributed by atoms with Crippen LogP contribution in [0, 0.1) is 11.8 Å². The van der Waals surface area contributed by atoms with Crippen molar-refractivity contribution in [1.82, 2.24) is 10.2 Å². The highest BCUT2D eigenvalue weighted by Crippen LogP contribution is 2.35. The van der Waals surface area contributed by atoms with Gasteiger partial charge in [-0.2, -0.15) is 0 Å². The molecule has 2 rings (SSSR count). The van der Waals surface area contributed by atoms with Crippen LogP contribution in [0.3, 0.4) is 0 Å². The summed E-state index contributed by atoms with van der Waals surface area (Å²) in [6, 6.07) is 0. The van der Waals surface area contributed by atoms with E-state index >= 15 is 0 Å². The first kappa shape index (κ1) is 14.5. The van der Waals surface area contributed by atoms with Crippen LogP contribution in [0.1, 0.15) is 33.1 Å². The Kier molecular flexibility index (Phi) is 3.54. The van der Waals surface area contributed by atoms with Crippen LogP contribution in [0.25, 0.3) is 0 Å². The normalized spacial score (nSPS) is 29.2. The first-order chi connectivity index (χ1) is 9.25. The Morgan fingerprint density at radius 2 is 1.85 bits per heavy atom. The second-order valence-corrected chi connectivity index (χ2v) is 5.84. The maximum atomic E-state index is 12.6. The number of amides is 3. The number of nitrogens with zero attached hydrogens (tertiary/aromatic N) is 1. The topological polar surface area (TPSA) is 104 Å². The number of rotatable bonds is 2. The van der Waals surface area contributed by atoms with Crippen LogP contribution in [0.4, 0.5) is 0 Å².